The Morgan fingerprint density at radius 3 is 2.73 bits per heavy atom. The highest BCUT2D eigenvalue weighted by Crippen LogP contribution is 2.24. The van der Waals surface area contributed by atoms with Gasteiger partial charge in [0.1, 0.15) is 5.75 Å². The Kier molecular flexibility index (Phi) is 5.73. The second-order valence-electron chi connectivity index (χ2n) is 6.04. The maximum atomic E-state index is 12.2. The molecule has 0 spiro atoms. The first-order valence-electron chi connectivity index (χ1n) is 8.28. The van der Waals surface area contributed by atoms with Gasteiger partial charge in [0, 0.05) is 33.4 Å². The molecule has 134 valence electrons. The van der Waals surface area contributed by atoms with Crippen molar-refractivity contribution in [2.75, 3.05) is 12.4 Å². The lowest BCUT2D eigenvalue weighted by molar-refractivity contribution is -0.111. The predicted octanol–water partition coefficient (Wildman–Crippen LogP) is 4.00. The number of benzene rings is 2. The summed E-state index contributed by atoms with van der Waals surface area (Å²) in [7, 11) is 1.58. The van der Waals surface area contributed by atoms with E-state index in [0.29, 0.717) is 23.0 Å². The molecule has 5 nitrogen and oxygen atoms in total. The van der Waals surface area contributed by atoms with E-state index in [-0.39, 0.29) is 11.8 Å². The summed E-state index contributed by atoms with van der Waals surface area (Å²) in [6.07, 6.45) is 5.18. The zero-order chi connectivity index (χ0) is 18.5. The standard InChI is InChI=1S/C20H19BrN2O3/c1-26-18-9-6-15(21)11-13(18)5-10-19(24)22-17-4-2-3-14(12-17)20(25)23-16-7-8-16/h2-6,9-12,16H,7-8H2,1H3,(H,22,24)(H,23,25)/b10-5+. The summed E-state index contributed by atoms with van der Waals surface area (Å²) in [5.41, 5.74) is 1.89. The van der Waals surface area contributed by atoms with Crippen molar-refractivity contribution in [2.45, 2.75) is 18.9 Å². The van der Waals surface area contributed by atoms with Crippen molar-refractivity contribution in [1.82, 2.24) is 5.32 Å². The fourth-order valence-corrected chi connectivity index (χ4v) is 2.80. The molecule has 0 aromatic heterocycles. The molecule has 1 aliphatic rings. The molecule has 0 aliphatic heterocycles. The molecule has 2 aromatic carbocycles. The highest BCUT2D eigenvalue weighted by atomic mass is 79.9. The van der Waals surface area contributed by atoms with Crippen LogP contribution in [0.3, 0.4) is 0 Å². The van der Waals surface area contributed by atoms with E-state index in [4.69, 9.17) is 4.74 Å². The van der Waals surface area contributed by atoms with E-state index < -0.39 is 0 Å². The molecule has 0 unspecified atom stereocenters. The number of anilines is 1. The molecular weight excluding hydrogens is 396 g/mol. The van der Waals surface area contributed by atoms with Crippen molar-refractivity contribution in [1.29, 1.82) is 0 Å². The minimum Gasteiger partial charge on any atom is -0.496 e. The lowest BCUT2D eigenvalue weighted by atomic mass is 10.1. The second kappa shape index (κ2) is 8.19. The second-order valence-corrected chi connectivity index (χ2v) is 6.95. The van der Waals surface area contributed by atoms with E-state index in [2.05, 4.69) is 26.6 Å². The number of halogens is 1. The highest BCUT2D eigenvalue weighted by Gasteiger charge is 2.23. The van der Waals surface area contributed by atoms with Crippen LogP contribution < -0.4 is 15.4 Å². The van der Waals surface area contributed by atoms with Gasteiger partial charge < -0.3 is 15.4 Å². The fourth-order valence-electron chi connectivity index (χ4n) is 2.42. The molecule has 2 N–H and O–H groups in total. The van der Waals surface area contributed by atoms with Crippen LogP contribution in [0.2, 0.25) is 0 Å². The Bertz CT molecular complexity index is 860. The molecule has 2 amide bonds. The number of carbonyl (C=O) groups excluding carboxylic acids is 2. The van der Waals surface area contributed by atoms with Crippen molar-refractivity contribution in [3.05, 3.63) is 64.1 Å². The summed E-state index contributed by atoms with van der Waals surface area (Å²) in [6, 6.07) is 12.8. The van der Waals surface area contributed by atoms with Gasteiger partial charge in [-0.1, -0.05) is 22.0 Å². The average Bonchev–Trinajstić information content (AvgIpc) is 3.44. The number of carbonyl (C=O) groups is 2. The Labute approximate surface area is 160 Å². The number of nitrogens with one attached hydrogen (secondary N) is 2. The summed E-state index contributed by atoms with van der Waals surface area (Å²) in [5, 5.41) is 5.70. The van der Waals surface area contributed by atoms with Gasteiger partial charge in [0.05, 0.1) is 7.11 Å². The summed E-state index contributed by atoms with van der Waals surface area (Å²) >= 11 is 3.40. The summed E-state index contributed by atoms with van der Waals surface area (Å²) in [4.78, 5) is 24.3. The minimum absolute atomic E-state index is 0.113. The molecule has 3 rings (SSSR count). The Hall–Kier alpha value is -2.60. The monoisotopic (exact) mass is 414 g/mol. The van der Waals surface area contributed by atoms with Crippen LogP contribution >= 0.6 is 15.9 Å². The van der Waals surface area contributed by atoms with E-state index in [9.17, 15) is 9.59 Å². The van der Waals surface area contributed by atoms with Crippen LogP contribution in [-0.2, 0) is 4.79 Å². The number of rotatable bonds is 6. The predicted molar refractivity (Wildman–Crippen MR) is 105 cm³/mol. The van der Waals surface area contributed by atoms with Gasteiger partial charge in [-0.25, -0.2) is 0 Å². The van der Waals surface area contributed by atoms with Crippen molar-refractivity contribution >= 4 is 39.5 Å². The summed E-state index contributed by atoms with van der Waals surface area (Å²) < 4.78 is 6.18. The molecule has 0 saturated heterocycles. The van der Waals surface area contributed by atoms with Crippen molar-refractivity contribution in [2.24, 2.45) is 0 Å². The molecular formula is C20H19BrN2O3. The zero-order valence-electron chi connectivity index (χ0n) is 14.3. The van der Waals surface area contributed by atoms with Crippen LogP contribution in [0.5, 0.6) is 5.75 Å². The minimum atomic E-state index is -0.285. The normalized spacial score (nSPS) is 13.5. The van der Waals surface area contributed by atoms with Gasteiger partial charge in [0.2, 0.25) is 5.91 Å². The smallest absolute Gasteiger partial charge is 0.251 e. The molecule has 0 heterocycles. The van der Waals surface area contributed by atoms with Crippen LogP contribution in [0, 0.1) is 0 Å². The van der Waals surface area contributed by atoms with Gasteiger partial charge in [-0.3, -0.25) is 9.59 Å². The lowest BCUT2D eigenvalue weighted by Gasteiger charge is -2.07. The van der Waals surface area contributed by atoms with Crippen LogP contribution in [0.15, 0.2) is 53.0 Å². The molecule has 1 fully saturated rings. The molecule has 0 atom stereocenters. The number of hydrogen-bond donors (Lipinski definition) is 2. The molecule has 2 aromatic rings. The molecule has 0 bridgehead atoms. The van der Waals surface area contributed by atoms with Gasteiger partial charge in [0.25, 0.3) is 5.91 Å². The van der Waals surface area contributed by atoms with Crippen LogP contribution in [0.4, 0.5) is 5.69 Å². The van der Waals surface area contributed by atoms with Gasteiger partial charge in [0.15, 0.2) is 0 Å². The first-order valence-corrected chi connectivity index (χ1v) is 9.08. The van der Waals surface area contributed by atoms with Crippen LogP contribution in [0.1, 0.15) is 28.8 Å². The number of amides is 2. The van der Waals surface area contributed by atoms with E-state index in [1.165, 1.54) is 6.08 Å². The third-order valence-electron chi connectivity index (χ3n) is 3.91. The molecule has 6 heteroatoms. The van der Waals surface area contributed by atoms with Crippen molar-refractivity contribution in [3.8, 4) is 5.75 Å². The summed E-state index contributed by atoms with van der Waals surface area (Å²) in [6.45, 7) is 0. The first kappa shape index (κ1) is 18.2. The third-order valence-corrected chi connectivity index (χ3v) is 4.40. The Morgan fingerprint density at radius 2 is 2.00 bits per heavy atom. The van der Waals surface area contributed by atoms with E-state index in [1.807, 2.05) is 18.2 Å². The Morgan fingerprint density at radius 1 is 1.19 bits per heavy atom. The molecule has 1 saturated carbocycles. The van der Waals surface area contributed by atoms with E-state index >= 15 is 0 Å². The zero-order valence-corrected chi connectivity index (χ0v) is 15.9. The lowest BCUT2D eigenvalue weighted by Crippen LogP contribution is -2.25. The number of hydrogen-bond acceptors (Lipinski definition) is 3. The quantitative estimate of drug-likeness (QED) is 0.701. The fraction of sp³-hybridized carbons (Fsp3) is 0.200. The highest BCUT2D eigenvalue weighted by molar-refractivity contribution is 9.10. The SMILES string of the molecule is COc1ccc(Br)cc1/C=C/C(=O)Nc1cccc(C(=O)NC2CC2)c1. The van der Waals surface area contributed by atoms with Gasteiger partial charge >= 0.3 is 0 Å². The van der Waals surface area contributed by atoms with E-state index in [0.717, 1.165) is 22.9 Å². The average molecular weight is 415 g/mol. The Balaban J connectivity index is 1.66. The van der Waals surface area contributed by atoms with Gasteiger partial charge in [-0.05, 0) is 55.3 Å². The van der Waals surface area contributed by atoms with Gasteiger partial charge in [-0.15, -0.1) is 0 Å². The topological polar surface area (TPSA) is 67.4 Å². The van der Waals surface area contributed by atoms with Crippen LogP contribution in [-0.4, -0.2) is 25.0 Å². The maximum Gasteiger partial charge on any atom is 0.251 e. The van der Waals surface area contributed by atoms with Crippen LogP contribution in [0.25, 0.3) is 6.08 Å². The maximum absolute atomic E-state index is 12.2. The molecule has 1 aliphatic carbocycles. The largest absolute Gasteiger partial charge is 0.496 e. The first-order chi connectivity index (χ1) is 12.5. The molecule has 26 heavy (non-hydrogen) atoms. The third kappa shape index (κ3) is 4.95. The number of ether oxygens (including phenoxy) is 1. The van der Waals surface area contributed by atoms with Crippen molar-refractivity contribution < 1.29 is 14.3 Å². The van der Waals surface area contributed by atoms with E-state index in [1.54, 1.807) is 37.5 Å². The van der Waals surface area contributed by atoms with Gasteiger partial charge in [-0.2, -0.15) is 0 Å². The van der Waals surface area contributed by atoms with Crippen molar-refractivity contribution in [3.63, 3.8) is 0 Å². The number of methoxy groups -OCH3 is 1. The summed E-state index contributed by atoms with van der Waals surface area (Å²) in [5.74, 6) is 0.279. The molecule has 0 radical (unpaired) electrons.